The summed E-state index contributed by atoms with van der Waals surface area (Å²) >= 11 is 0. The van der Waals surface area contributed by atoms with Gasteiger partial charge in [-0.1, -0.05) is 18.1 Å². The lowest BCUT2D eigenvalue weighted by molar-refractivity contribution is -0.119. The second-order valence-electron chi connectivity index (χ2n) is 3.14. The van der Waals surface area contributed by atoms with Crippen LogP contribution in [0.3, 0.4) is 0 Å². The van der Waals surface area contributed by atoms with Gasteiger partial charge in [-0.15, -0.1) is 6.42 Å². The first-order chi connectivity index (χ1) is 8.15. The van der Waals surface area contributed by atoms with Gasteiger partial charge in [0.05, 0.1) is 18.7 Å². The highest BCUT2D eigenvalue weighted by Crippen LogP contribution is 2.05. The molecule has 0 aliphatic heterocycles. The summed E-state index contributed by atoms with van der Waals surface area (Å²) in [7, 11) is 0. The molecular formula is C12H11FN2O2. The number of hydrogen-bond donors (Lipinski definition) is 2. The van der Waals surface area contributed by atoms with Gasteiger partial charge >= 0.3 is 0 Å². The lowest BCUT2D eigenvalue weighted by Crippen LogP contribution is -2.37. The smallest absolute Gasteiger partial charge is 0.254 e. The molecule has 0 aromatic heterocycles. The molecule has 4 nitrogen and oxygen atoms in total. The van der Waals surface area contributed by atoms with Gasteiger partial charge in [0.25, 0.3) is 5.91 Å². The van der Waals surface area contributed by atoms with E-state index in [1.54, 1.807) is 0 Å². The third kappa shape index (κ3) is 3.95. The number of hydrogen-bond acceptors (Lipinski definition) is 2. The van der Waals surface area contributed by atoms with E-state index in [0.29, 0.717) is 0 Å². The third-order valence-electron chi connectivity index (χ3n) is 1.92. The molecule has 5 heteroatoms. The second kappa shape index (κ2) is 6.28. The molecule has 0 aliphatic rings. The molecule has 0 radical (unpaired) electrons. The van der Waals surface area contributed by atoms with Crippen molar-refractivity contribution >= 4 is 11.8 Å². The molecule has 0 fully saturated rings. The molecule has 1 aromatic rings. The summed E-state index contributed by atoms with van der Waals surface area (Å²) in [5.41, 5.74) is -0.0998. The van der Waals surface area contributed by atoms with Gasteiger partial charge in [-0.25, -0.2) is 4.39 Å². The molecule has 0 heterocycles. The summed E-state index contributed by atoms with van der Waals surface area (Å²) in [6, 6.07) is 5.53. The Morgan fingerprint density at radius 3 is 2.65 bits per heavy atom. The highest BCUT2D eigenvalue weighted by atomic mass is 19.1. The fraction of sp³-hybridized carbons (Fsp3) is 0.167. The standard InChI is InChI=1S/C12H11FN2O2/c1-2-7-14-11(16)8-15-12(17)9-5-3-4-6-10(9)13/h1,3-6H,7-8H2,(H,14,16)(H,15,17). The molecule has 1 aromatic carbocycles. The van der Waals surface area contributed by atoms with Crippen LogP contribution in [-0.2, 0) is 4.79 Å². The van der Waals surface area contributed by atoms with Crippen LogP contribution in [0.25, 0.3) is 0 Å². The van der Waals surface area contributed by atoms with Crippen molar-refractivity contribution in [2.45, 2.75) is 0 Å². The average molecular weight is 234 g/mol. The Labute approximate surface area is 98.2 Å². The quantitative estimate of drug-likeness (QED) is 0.736. The Balaban J connectivity index is 2.49. The van der Waals surface area contributed by atoms with Gasteiger partial charge in [0.15, 0.2) is 0 Å². The van der Waals surface area contributed by atoms with Crippen molar-refractivity contribution in [2.24, 2.45) is 0 Å². The lowest BCUT2D eigenvalue weighted by Gasteiger charge is -2.05. The molecule has 0 bridgehead atoms. The maximum Gasteiger partial charge on any atom is 0.254 e. The lowest BCUT2D eigenvalue weighted by atomic mass is 10.2. The summed E-state index contributed by atoms with van der Waals surface area (Å²) in [6.45, 7) is -0.150. The molecule has 0 spiro atoms. The molecular weight excluding hydrogens is 223 g/mol. The van der Waals surface area contributed by atoms with Gasteiger partial charge in [-0.2, -0.15) is 0 Å². The first-order valence-corrected chi connectivity index (χ1v) is 4.88. The van der Waals surface area contributed by atoms with Crippen LogP contribution in [-0.4, -0.2) is 24.9 Å². The normalized spacial score (nSPS) is 9.18. The van der Waals surface area contributed by atoms with E-state index in [1.807, 2.05) is 0 Å². The number of carbonyl (C=O) groups is 2. The molecule has 88 valence electrons. The molecule has 0 aliphatic carbocycles. The molecule has 0 atom stereocenters. The number of terminal acetylenes is 1. The fourth-order valence-corrected chi connectivity index (χ4v) is 1.11. The number of carbonyl (C=O) groups excluding carboxylic acids is 2. The molecule has 17 heavy (non-hydrogen) atoms. The minimum Gasteiger partial charge on any atom is -0.344 e. The summed E-state index contributed by atoms with van der Waals surface area (Å²) in [6.07, 6.45) is 4.94. The monoisotopic (exact) mass is 234 g/mol. The van der Waals surface area contributed by atoms with E-state index in [9.17, 15) is 14.0 Å². The molecule has 2 N–H and O–H groups in total. The Morgan fingerprint density at radius 1 is 1.29 bits per heavy atom. The summed E-state index contributed by atoms with van der Waals surface area (Å²) in [5.74, 6) is 0.529. The Hall–Kier alpha value is -2.35. The Morgan fingerprint density at radius 2 is 2.00 bits per heavy atom. The van der Waals surface area contributed by atoms with Crippen molar-refractivity contribution in [3.8, 4) is 12.3 Å². The number of halogens is 1. The van der Waals surface area contributed by atoms with Crippen LogP contribution in [0.4, 0.5) is 4.39 Å². The van der Waals surface area contributed by atoms with Gasteiger partial charge < -0.3 is 10.6 Å². The highest BCUT2D eigenvalue weighted by molar-refractivity contribution is 5.96. The maximum atomic E-state index is 13.2. The van der Waals surface area contributed by atoms with E-state index in [-0.39, 0.29) is 18.7 Å². The van der Waals surface area contributed by atoms with Crippen LogP contribution in [0, 0.1) is 18.2 Å². The number of amides is 2. The van der Waals surface area contributed by atoms with E-state index >= 15 is 0 Å². The van der Waals surface area contributed by atoms with Crippen molar-refractivity contribution in [3.05, 3.63) is 35.6 Å². The summed E-state index contributed by atoms with van der Waals surface area (Å²) < 4.78 is 13.2. The van der Waals surface area contributed by atoms with Crippen LogP contribution in [0.5, 0.6) is 0 Å². The number of rotatable bonds is 4. The zero-order valence-electron chi connectivity index (χ0n) is 9.00. The van der Waals surface area contributed by atoms with Crippen LogP contribution in [0.15, 0.2) is 24.3 Å². The molecule has 0 saturated carbocycles. The molecule has 2 amide bonds. The van der Waals surface area contributed by atoms with Crippen LogP contribution >= 0.6 is 0 Å². The van der Waals surface area contributed by atoms with Gasteiger partial charge in [0.2, 0.25) is 5.91 Å². The predicted molar refractivity (Wildman–Crippen MR) is 60.6 cm³/mol. The van der Waals surface area contributed by atoms with Crippen molar-refractivity contribution in [3.63, 3.8) is 0 Å². The maximum absolute atomic E-state index is 13.2. The second-order valence-corrected chi connectivity index (χ2v) is 3.14. The molecule has 1 rings (SSSR count). The van der Waals surface area contributed by atoms with E-state index in [0.717, 1.165) is 0 Å². The Kier molecular flexibility index (Phi) is 4.70. The van der Waals surface area contributed by atoms with Crippen molar-refractivity contribution in [2.75, 3.05) is 13.1 Å². The van der Waals surface area contributed by atoms with Crippen LogP contribution < -0.4 is 10.6 Å². The van der Waals surface area contributed by atoms with E-state index in [2.05, 4.69) is 16.6 Å². The van der Waals surface area contributed by atoms with Crippen molar-refractivity contribution < 1.29 is 14.0 Å². The molecule has 0 saturated heterocycles. The number of benzene rings is 1. The minimum absolute atomic E-state index is 0.0917. The summed E-state index contributed by atoms with van der Waals surface area (Å²) in [4.78, 5) is 22.6. The first kappa shape index (κ1) is 12.7. The van der Waals surface area contributed by atoms with Crippen LogP contribution in [0.1, 0.15) is 10.4 Å². The van der Waals surface area contributed by atoms with Gasteiger partial charge in [0.1, 0.15) is 5.82 Å². The zero-order valence-corrected chi connectivity index (χ0v) is 9.00. The van der Waals surface area contributed by atoms with E-state index in [4.69, 9.17) is 6.42 Å². The van der Waals surface area contributed by atoms with E-state index < -0.39 is 17.6 Å². The third-order valence-corrected chi connectivity index (χ3v) is 1.92. The van der Waals surface area contributed by atoms with Gasteiger partial charge in [-0.3, -0.25) is 9.59 Å². The Bertz CT molecular complexity index is 466. The average Bonchev–Trinajstić information content (AvgIpc) is 2.34. The van der Waals surface area contributed by atoms with E-state index in [1.165, 1.54) is 24.3 Å². The van der Waals surface area contributed by atoms with Crippen molar-refractivity contribution in [1.29, 1.82) is 0 Å². The fourth-order valence-electron chi connectivity index (χ4n) is 1.11. The zero-order chi connectivity index (χ0) is 12.7. The van der Waals surface area contributed by atoms with Gasteiger partial charge in [-0.05, 0) is 12.1 Å². The first-order valence-electron chi connectivity index (χ1n) is 4.88. The number of nitrogens with one attached hydrogen (secondary N) is 2. The topological polar surface area (TPSA) is 58.2 Å². The highest BCUT2D eigenvalue weighted by Gasteiger charge is 2.11. The van der Waals surface area contributed by atoms with Gasteiger partial charge in [0, 0.05) is 0 Å². The minimum atomic E-state index is -0.640. The summed E-state index contributed by atoms with van der Waals surface area (Å²) in [5, 5.41) is 4.66. The van der Waals surface area contributed by atoms with Crippen LogP contribution in [0.2, 0.25) is 0 Å². The SMILES string of the molecule is C#CCNC(=O)CNC(=O)c1ccccc1F. The largest absolute Gasteiger partial charge is 0.344 e. The van der Waals surface area contributed by atoms with Crippen molar-refractivity contribution in [1.82, 2.24) is 10.6 Å². The predicted octanol–water partition coefficient (Wildman–Crippen LogP) is 0.305. The molecule has 0 unspecified atom stereocenters.